The van der Waals surface area contributed by atoms with Crippen molar-refractivity contribution in [1.82, 2.24) is 0 Å². The molecule has 1 atom stereocenters. The maximum atomic E-state index is 5.48. The molecule has 1 rings (SSSR count). The van der Waals surface area contributed by atoms with Gasteiger partial charge in [0.25, 0.3) is 0 Å². The molecule has 1 heterocycles. The van der Waals surface area contributed by atoms with Gasteiger partial charge in [0, 0.05) is 0 Å². The number of rotatable bonds is 1. The van der Waals surface area contributed by atoms with E-state index >= 15 is 0 Å². The predicted octanol–water partition coefficient (Wildman–Crippen LogP) is 2.65. The van der Waals surface area contributed by atoms with Crippen molar-refractivity contribution in [3.05, 3.63) is 24.0 Å². The summed E-state index contributed by atoms with van der Waals surface area (Å²) in [6.45, 7) is 6.25. The van der Waals surface area contributed by atoms with E-state index in [1.54, 1.807) is 0 Å². The minimum absolute atomic E-state index is 0.0560. The standard InChI is InChI=1S/C9H14O/c1-4-9(3)6-5-8(2)7-10-9/h5-7H,4H2,1-3H3. The highest BCUT2D eigenvalue weighted by Crippen LogP contribution is 2.22. The van der Waals surface area contributed by atoms with E-state index in [-0.39, 0.29) is 5.60 Å². The van der Waals surface area contributed by atoms with E-state index in [1.807, 2.05) is 13.2 Å². The van der Waals surface area contributed by atoms with Crippen LogP contribution in [0.3, 0.4) is 0 Å². The van der Waals surface area contributed by atoms with Gasteiger partial charge in [0.1, 0.15) is 5.60 Å². The molecule has 0 aromatic rings. The lowest BCUT2D eigenvalue weighted by Gasteiger charge is -2.26. The van der Waals surface area contributed by atoms with Crippen molar-refractivity contribution < 1.29 is 4.74 Å². The molecule has 0 fully saturated rings. The molecule has 0 N–H and O–H groups in total. The molecule has 0 spiro atoms. The summed E-state index contributed by atoms with van der Waals surface area (Å²) in [7, 11) is 0. The Hall–Kier alpha value is -0.720. The molecule has 0 amide bonds. The Morgan fingerprint density at radius 3 is 2.70 bits per heavy atom. The molecule has 0 aromatic carbocycles. The fourth-order valence-corrected chi connectivity index (χ4v) is 0.815. The molecule has 0 aromatic heterocycles. The first-order valence-corrected chi connectivity index (χ1v) is 3.70. The molecule has 1 unspecified atom stereocenters. The fourth-order valence-electron chi connectivity index (χ4n) is 0.815. The molecule has 0 saturated heterocycles. The van der Waals surface area contributed by atoms with E-state index in [1.165, 1.54) is 5.57 Å². The number of allylic oxidation sites excluding steroid dienone is 2. The Morgan fingerprint density at radius 1 is 1.60 bits per heavy atom. The van der Waals surface area contributed by atoms with Crippen LogP contribution in [-0.2, 0) is 4.74 Å². The molecule has 0 radical (unpaired) electrons. The zero-order valence-corrected chi connectivity index (χ0v) is 6.85. The maximum absolute atomic E-state index is 5.48. The van der Waals surface area contributed by atoms with E-state index in [9.17, 15) is 0 Å². The second-order valence-corrected chi connectivity index (χ2v) is 2.98. The van der Waals surface area contributed by atoms with Gasteiger partial charge in [-0.3, -0.25) is 0 Å². The van der Waals surface area contributed by atoms with Gasteiger partial charge in [-0.1, -0.05) is 13.0 Å². The van der Waals surface area contributed by atoms with Crippen LogP contribution in [0.2, 0.25) is 0 Å². The van der Waals surface area contributed by atoms with Gasteiger partial charge in [0.2, 0.25) is 0 Å². The predicted molar refractivity (Wildman–Crippen MR) is 42.7 cm³/mol. The van der Waals surface area contributed by atoms with Gasteiger partial charge in [0.15, 0.2) is 0 Å². The minimum Gasteiger partial charge on any atom is -0.491 e. The third kappa shape index (κ3) is 1.41. The average Bonchev–Trinajstić information content (AvgIpc) is 1.96. The summed E-state index contributed by atoms with van der Waals surface area (Å²) in [5.41, 5.74) is 1.13. The Bertz CT molecular complexity index is 179. The highest BCUT2D eigenvalue weighted by atomic mass is 16.5. The quantitative estimate of drug-likeness (QED) is 0.541. The van der Waals surface area contributed by atoms with Crippen LogP contribution in [0.4, 0.5) is 0 Å². The largest absolute Gasteiger partial charge is 0.491 e. The SMILES string of the molecule is CCC1(C)C=CC(C)=CO1. The zero-order chi connectivity index (χ0) is 7.61. The average molecular weight is 138 g/mol. The zero-order valence-electron chi connectivity index (χ0n) is 6.85. The van der Waals surface area contributed by atoms with Crippen LogP contribution in [0.25, 0.3) is 0 Å². The van der Waals surface area contributed by atoms with Crippen molar-refractivity contribution in [2.75, 3.05) is 0 Å². The molecular weight excluding hydrogens is 124 g/mol. The van der Waals surface area contributed by atoms with Gasteiger partial charge in [-0.25, -0.2) is 0 Å². The normalized spacial score (nSPS) is 31.3. The van der Waals surface area contributed by atoms with Gasteiger partial charge in [0.05, 0.1) is 6.26 Å². The Morgan fingerprint density at radius 2 is 2.30 bits per heavy atom. The van der Waals surface area contributed by atoms with Crippen LogP contribution in [-0.4, -0.2) is 5.60 Å². The summed E-state index contributed by atoms with van der Waals surface area (Å²) < 4.78 is 5.48. The molecule has 0 bridgehead atoms. The summed E-state index contributed by atoms with van der Waals surface area (Å²) in [5, 5.41) is 0. The molecule has 0 saturated carbocycles. The Balaban J connectivity index is 2.67. The van der Waals surface area contributed by atoms with Crippen LogP contribution in [0.1, 0.15) is 27.2 Å². The van der Waals surface area contributed by atoms with E-state index < -0.39 is 0 Å². The van der Waals surface area contributed by atoms with Gasteiger partial charge in [-0.05, 0) is 31.9 Å². The lowest BCUT2D eigenvalue weighted by atomic mass is 10.0. The minimum atomic E-state index is -0.0560. The summed E-state index contributed by atoms with van der Waals surface area (Å²) in [6.07, 6.45) is 7.06. The summed E-state index contributed by atoms with van der Waals surface area (Å²) >= 11 is 0. The molecule has 56 valence electrons. The molecule has 1 heteroatoms. The second kappa shape index (κ2) is 2.49. The molecule has 1 nitrogen and oxygen atoms in total. The van der Waals surface area contributed by atoms with Gasteiger partial charge < -0.3 is 4.74 Å². The van der Waals surface area contributed by atoms with E-state index in [0.29, 0.717) is 0 Å². The first-order chi connectivity index (χ1) is 4.66. The lowest BCUT2D eigenvalue weighted by Crippen LogP contribution is -2.24. The Labute approximate surface area is 62.4 Å². The monoisotopic (exact) mass is 138 g/mol. The van der Waals surface area contributed by atoms with Crippen molar-refractivity contribution in [2.24, 2.45) is 0 Å². The van der Waals surface area contributed by atoms with Crippen LogP contribution in [0, 0.1) is 0 Å². The highest BCUT2D eigenvalue weighted by Gasteiger charge is 2.20. The lowest BCUT2D eigenvalue weighted by molar-refractivity contribution is 0.0775. The summed E-state index contributed by atoms with van der Waals surface area (Å²) in [6, 6.07) is 0. The highest BCUT2D eigenvalue weighted by molar-refractivity contribution is 5.21. The summed E-state index contributed by atoms with van der Waals surface area (Å²) in [4.78, 5) is 0. The molecule has 1 aliphatic heterocycles. The number of hydrogen-bond acceptors (Lipinski definition) is 1. The van der Waals surface area contributed by atoms with Crippen molar-refractivity contribution in [1.29, 1.82) is 0 Å². The van der Waals surface area contributed by atoms with Gasteiger partial charge >= 0.3 is 0 Å². The van der Waals surface area contributed by atoms with E-state index in [2.05, 4.69) is 26.0 Å². The van der Waals surface area contributed by atoms with Crippen LogP contribution in [0.5, 0.6) is 0 Å². The van der Waals surface area contributed by atoms with E-state index in [0.717, 1.165) is 6.42 Å². The fraction of sp³-hybridized carbons (Fsp3) is 0.556. The van der Waals surface area contributed by atoms with Gasteiger partial charge in [-0.2, -0.15) is 0 Å². The first-order valence-electron chi connectivity index (χ1n) is 3.70. The number of hydrogen-bond donors (Lipinski definition) is 0. The van der Waals surface area contributed by atoms with Crippen LogP contribution in [0.15, 0.2) is 24.0 Å². The van der Waals surface area contributed by atoms with E-state index in [4.69, 9.17) is 4.74 Å². The van der Waals surface area contributed by atoms with Crippen molar-refractivity contribution in [3.63, 3.8) is 0 Å². The van der Waals surface area contributed by atoms with Crippen molar-refractivity contribution in [3.8, 4) is 0 Å². The molecule has 0 aliphatic carbocycles. The summed E-state index contributed by atoms with van der Waals surface area (Å²) in [5.74, 6) is 0. The third-order valence-electron chi connectivity index (χ3n) is 1.91. The molecule has 10 heavy (non-hydrogen) atoms. The smallest absolute Gasteiger partial charge is 0.123 e. The van der Waals surface area contributed by atoms with Crippen molar-refractivity contribution in [2.45, 2.75) is 32.8 Å². The Kier molecular flexibility index (Phi) is 1.84. The second-order valence-electron chi connectivity index (χ2n) is 2.98. The molecule has 1 aliphatic rings. The van der Waals surface area contributed by atoms with Crippen molar-refractivity contribution >= 4 is 0 Å². The number of ether oxygens (including phenoxy) is 1. The van der Waals surface area contributed by atoms with Gasteiger partial charge in [-0.15, -0.1) is 0 Å². The van der Waals surface area contributed by atoms with Crippen LogP contribution >= 0.6 is 0 Å². The first kappa shape index (κ1) is 7.39. The van der Waals surface area contributed by atoms with Crippen LogP contribution < -0.4 is 0 Å². The maximum Gasteiger partial charge on any atom is 0.123 e. The molecular formula is C9H14O. The topological polar surface area (TPSA) is 9.23 Å². The third-order valence-corrected chi connectivity index (χ3v) is 1.91.